The number of hydrogen-bond donors (Lipinski definition) is 1. The Morgan fingerprint density at radius 1 is 1.30 bits per heavy atom. The molecule has 1 aliphatic rings. The summed E-state index contributed by atoms with van der Waals surface area (Å²) in [4.78, 5) is 20.3. The van der Waals surface area contributed by atoms with Crippen LogP contribution in [0.3, 0.4) is 0 Å². The predicted octanol–water partition coefficient (Wildman–Crippen LogP) is 3.91. The van der Waals surface area contributed by atoms with Gasteiger partial charge < -0.3 is 5.11 Å². The Morgan fingerprint density at radius 2 is 2.04 bits per heavy atom. The Hall–Kier alpha value is -1.76. The molecule has 2 heterocycles. The normalized spacial score (nSPS) is 18.9. The fourth-order valence-electron chi connectivity index (χ4n) is 3.49. The summed E-state index contributed by atoms with van der Waals surface area (Å²) in [6, 6.07) is 9.13. The lowest BCUT2D eigenvalue weighted by atomic mass is 10.0. The zero-order valence-corrected chi connectivity index (χ0v) is 17.2. The number of aliphatic carboxylic acids is 1. The molecule has 1 N–H and O–H groups in total. The number of carboxylic acid groups (broad SMARTS) is 1. The highest BCUT2D eigenvalue weighted by molar-refractivity contribution is 7.13. The van der Waals surface area contributed by atoms with Crippen LogP contribution in [0.5, 0.6) is 0 Å². The van der Waals surface area contributed by atoms with E-state index in [1.54, 1.807) is 11.3 Å². The van der Waals surface area contributed by atoms with Gasteiger partial charge in [0.2, 0.25) is 0 Å². The molecule has 5 nitrogen and oxygen atoms in total. The van der Waals surface area contributed by atoms with E-state index in [0.29, 0.717) is 18.5 Å². The minimum absolute atomic E-state index is 0.220. The van der Waals surface area contributed by atoms with E-state index < -0.39 is 5.97 Å². The highest BCUT2D eigenvalue weighted by Gasteiger charge is 2.24. The summed E-state index contributed by atoms with van der Waals surface area (Å²) in [5.41, 5.74) is 3.65. The molecule has 1 saturated heterocycles. The topological polar surface area (TPSA) is 56.7 Å². The van der Waals surface area contributed by atoms with E-state index in [4.69, 9.17) is 10.1 Å². The third kappa shape index (κ3) is 5.37. The Balaban J connectivity index is 1.57. The summed E-state index contributed by atoms with van der Waals surface area (Å²) in [6.45, 7) is 10.9. The van der Waals surface area contributed by atoms with Gasteiger partial charge in [0.1, 0.15) is 5.01 Å². The molecule has 0 aliphatic carbocycles. The molecule has 0 radical (unpaired) electrons. The van der Waals surface area contributed by atoms with Gasteiger partial charge in [-0.2, -0.15) is 0 Å². The van der Waals surface area contributed by atoms with Gasteiger partial charge in [-0.05, 0) is 18.4 Å². The maximum atomic E-state index is 10.8. The van der Waals surface area contributed by atoms with Gasteiger partial charge in [0, 0.05) is 49.7 Å². The van der Waals surface area contributed by atoms with E-state index in [-0.39, 0.29) is 6.42 Å². The SMILES string of the molecule is CC(C)c1ccc(-c2nc(CN3CCN(CCC(=O)O)CC3C)cs2)cc1. The molecule has 1 atom stereocenters. The lowest BCUT2D eigenvalue weighted by Crippen LogP contribution is -2.51. The van der Waals surface area contributed by atoms with Crippen molar-refractivity contribution in [3.05, 3.63) is 40.9 Å². The summed E-state index contributed by atoms with van der Waals surface area (Å²) in [7, 11) is 0. The van der Waals surface area contributed by atoms with Crippen LogP contribution in [0, 0.1) is 0 Å². The van der Waals surface area contributed by atoms with Crippen molar-refractivity contribution in [1.29, 1.82) is 0 Å². The van der Waals surface area contributed by atoms with Crippen LogP contribution in [-0.4, -0.2) is 58.1 Å². The highest BCUT2D eigenvalue weighted by Crippen LogP contribution is 2.26. The van der Waals surface area contributed by atoms with Gasteiger partial charge in [-0.1, -0.05) is 38.1 Å². The first-order valence-corrected chi connectivity index (χ1v) is 10.5. The second-order valence-corrected chi connectivity index (χ2v) is 8.54. The van der Waals surface area contributed by atoms with Crippen molar-refractivity contribution in [3.8, 4) is 10.6 Å². The highest BCUT2D eigenvalue weighted by atomic mass is 32.1. The Labute approximate surface area is 165 Å². The number of carbonyl (C=O) groups is 1. The van der Waals surface area contributed by atoms with Gasteiger partial charge in [0.25, 0.3) is 0 Å². The van der Waals surface area contributed by atoms with Gasteiger partial charge in [-0.15, -0.1) is 11.3 Å². The van der Waals surface area contributed by atoms with Crippen molar-refractivity contribution in [2.45, 2.75) is 45.7 Å². The number of aromatic nitrogens is 1. The first-order valence-electron chi connectivity index (χ1n) is 9.65. The number of hydrogen-bond acceptors (Lipinski definition) is 5. The van der Waals surface area contributed by atoms with E-state index >= 15 is 0 Å². The van der Waals surface area contributed by atoms with E-state index in [1.807, 2.05) is 0 Å². The molecule has 1 aromatic carbocycles. The van der Waals surface area contributed by atoms with Gasteiger partial charge in [0.05, 0.1) is 12.1 Å². The summed E-state index contributed by atoms with van der Waals surface area (Å²) in [5.74, 6) is -0.178. The average Bonchev–Trinajstić information content (AvgIpc) is 3.10. The quantitative estimate of drug-likeness (QED) is 0.780. The van der Waals surface area contributed by atoms with E-state index in [1.165, 1.54) is 11.1 Å². The average molecular weight is 388 g/mol. The van der Waals surface area contributed by atoms with E-state index in [9.17, 15) is 4.79 Å². The number of thiazole rings is 1. The maximum absolute atomic E-state index is 10.8. The number of carboxylic acids is 1. The van der Waals surface area contributed by atoms with Gasteiger partial charge >= 0.3 is 5.97 Å². The molecule has 1 unspecified atom stereocenters. The zero-order chi connectivity index (χ0) is 19.4. The molecule has 6 heteroatoms. The Morgan fingerprint density at radius 3 is 2.67 bits per heavy atom. The summed E-state index contributed by atoms with van der Waals surface area (Å²) in [6.07, 6.45) is 0.220. The van der Waals surface area contributed by atoms with Crippen LogP contribution in [0.15, 0.2) is 29.6 Å². The van der Waals surface area contributed by atoms with Crippen molar-refractivity contribution >= 4 is 17.3 Å². The molecule has 1 fully saturated rings. The summed E-state index contributed by atoms with van der Waals surface area (Å²) < 4.78 is 0. The van der Waals surface area contributed by atoms with Crippen LogP contribution in [0.25, 0.3) is 10.6 Å². The number of nitrogens with zero attached hydrogens (tertiary/aromatic N) is 3. The largest absolute Gasteiger partial charge is 0.481 e. The van der Waals surface area contributed by atoms with Crippen LogP contribution in [0.1, 0.15) is 44.4 Å². The lowest BCUT2D eigenvalue weighted by molar-refractivity contribution is -0.137. The van der Waals surface area contributed by atoms with Crippen LogP contribution in [0.4, 0.5) is 0 Å². The fraction of sp³-hybridized carbons (Fsp3) is 0.524. The molecule has 0 spiro atoms. The molecule has 27 heavy (non-hydrogen) atoms. The third-order valence-electron chi connectivity index (χ3n) is 5.23. The molecule has 0 bridgehead atoms. The van der Waals surface area contributed by atoms with Gasteiger partial charge in [-0.25, -0.2) is 4.98 Å². The van der Waals surface area contributed by atoms with Crippen LogP contribution < -0.4 is 0 Å². The van der Waals surface area contributed by atoms with Crippen molar-refractivity contribution in [2.24, 2.45) is 0 Å². The Kier molecular flexibility index (Phi) is 6.63. The van der Waals surface area contributed by atoms with E-state index in [0.717, 1.165) is 36.9 Å². The van der Waals surface area contributed by atoms with Crippen LogP contribution >= 0.6 is 11.3 Å². The summed E-state index contributed by atoms with van der Waals surface area (Å²) >= 11 is 1.71. The zero-order valence-electron chi connectivity index (χ0n) is 16.4. The second-order valence-electron chi connectivity index (χ2n) is 7.68. The molecular formula is C21H29N3O2S. The molecule has 2 aromatic rings. The van der Waals surface area contributed by atoms with Gasteiger partial charge in [0.15, 0.2) is 0 Å². The van der Waals surface area contributed by atoms with Gasteiger partial charge in [-0.3, -0.25) is 14.6 Å². The smallest absolute Gasteiger partial charge is 0.304 e. The molecular weight excluding hydrogens is 358 g/mol. The minimum atomic E-state index is -0.721. The van der Waals surface area contributed by atoms with Crippen molar-refractivity contribution < 1.29 is 9.90 Å². The molecule has 1 aromatic heterocycles. The molecule has 1 aliphatic heterocycles. The Bertz CT molecular complexity index is 757. The first-order chi connectivity index (χ1) is 12.9. The summed E-state index contributed by atoms with van der Waals surface area (Å²) in [5, 5.41) is 12.1. The van der Waals surface area contributed by atoms with Crippen molar-refractivity contribution in [2.75, 3.05) is 26.2 Å². The fourth-order valence-corrected chi connectivity index (χ4v) is 4.31. The minimum Gasteiger partial charge on any atom is -0.481 e. The second kappa shape index (κ2) is 8.95. The lowest BCUT2D eigenvalue weighted by Gasteiger charge is -2.39. The molecule has 0 amide bonds. The number of piperazine rings is 1. The number of benzene rings is 1. The number of rotatable bonds is 7. The monoisotopic (exact) mass is 387 g/mol. The first kappa shape index (κ1) is 20.0. The molecule has 0 saturated carbocycles. The van der Waals surface area contributed by atoms with Crippen molar-refractivity contribution in [3.63, 3.8) is 0 Å². The molecule has 146 valence electrons. The van der Waals surface area contributed by atoms with Crippen molar-refractivity contribution in [1.82, 2.24) is 14.8 Å². The maximum Gasteiger partial charge on any atom is 0.304 e. The molecule has 3 rings (SSSR count). The third-order valence-corrected chi connectivity index (χ3v) is 6.17. The van der Waals surface area contributed by atoms with Crippen LogP contribution in [-0.2, 0) is 11.3 Å². The van der Waals surface area contributed by atoms with Crippen LogP contribution in [0.2, 0.25) is 0 Å². The predicted molar refractivity (Wildman–Crippen MR) is 110 cm³/mol. The standard InChI is InChI=1S/C21H29N3O2S/c1-15(2)17-4-6-18(7-5-17)21-22-19(14-27-21)13-24-11-10-23(12-16(24)3)9-8-20(25)26/h4-7,14-16H,8-13H2,1-3H3,(H,25,26). The van der Waals surface area contributed by atoms with E-state index in [2.05, 4.69) is 60.2 Å².